The maximum absolute atomic E-state index is 12.9. The molecule has 21 heavy (non-hydrogen) atoms. The summed E-state index contributed by atoms with van der Waals surface area (Å²) in [4.78, 5) is 2.42. The molecule has 0 amide bonds. The van der Waals surface area contributed by atoms with E-state index in [0.717, 1.165) is 38.2 Å². The third-order valence-electron chi connectivity index (χ3n) is 3.85. The van der Waals surface area contributed by atoms with Crippen LogP contribution in [0.1, 0.15) is 11.1 Å². The second-order valence-electron chi connectivity index (χ2n) is 5.54. The van der Waals surface area contributed by atoms with Gasteiger partial charge in [0.15, 0.2) is 0 Å². The molecule has 3 heteroatoms. The first-order chi connectivity index (χ1) is 10.3. The second kappa shape index (κ2) is 6.83. The summed E-state index contributed by atoms with van der Waals surface area (Å²) in [5, 5.41) is 0. The van der Waals surface area contributed by atoms with E-state index >= 15 is 0 Å². The van der Waals surface area contributed by atoms with E-state index in [0.29, 0.717) is 0 Å². The van der Waals surface area contributed by atoms with Gasteiger partial charge in [-0.2, -0.15) is 0 Å². The quantitative estimate of drug-likeness (QED) is 0.855. The second-order valence-corrected chi connectivity index (χ2v) is 5.54. The van der Waals surface area contributed by atoms with Crippen LogP contribution in [0, 0.1) is 5.82 Å². The highest BCUT2D eigenvalue weighted by Crippen LogP contribution is 2.14. The molecule has 1 unspecified atom stereocenters. The number of hydrogen-bond donors (Lipinski definition) is 0. The number of morpholine rings is 1. The highest BCUT2D eigenvalue weighted by Gasteiger charge is 2.20. The lowest BCUT2D eigenvalue weighted by Gasteiger charge is -2.33. The van der Waals surface area contributed by atoms with Gasteiger partial charge < -0.3 is 4.74 Å². The van der Waals surface area contributed by atoms with Gasteiger partial charge >= 0.3 is 0 Å². The van der Waals surface area contributed by atoms with Gasteiger partial charge in [-0.15, -0.1) is 0 Å². The molecule has 2 nitrogen and oxygen atoms in total. The molecule has 1 heterocycles. The number of ether oxygens (including phenoxy) is 1. The molecule has 2 aromatic carbocycles. The largest absolute Gasteiger partial charge is 0.375 e. The minimum atomic E-state index is -0.186. The predicted molar refractivity (Wildman–Crippen MR) is 81.6 cm³/mol. The molecule has 1 saturated heterocycles. The number of halogens is 1. The van der Waals surface area contributed by atoms with Crippen LogP contribution < -0.4 is 0 Å². The third kappa shape index (κ3) is 4.13. The van der Waals surface area contributed by atoms with Crippen LogP contribution in [0.5, 0.6) is 0 Å². The summed E-state index contributed by atoms with van der Waals surface area (Å²) >= 11 is 0. The first-order valence-electron chi connectivity index (χ1n) is 7.42. The Labute approximate surface area is 125 Å². The van der Waals surface area contributed by atoms with Gasteiger partial charge in [0.05, 0.1) is 12.7 Å². The minimum Gasteiger partial charge on any atom is -0.375 e. The van der Waals surface area contributed by atoms with Crippen LogP contribution >= 0.6 is 0 Å². The van der Waals surface area contributed by atoms with E-state index in [1.165, 1.54) is 17.7 Å². The van der Waals surface area contributed by atoms with Crippen LogP contribution in [-0.4, -0.2) is 30.7 Å². The van der Waals surface area contributed by atoms with Crippen molar-refractivity contribution in [2.75, 3.05) is 19.7 Å². The van der Waals surface area contributed by atoms with Crippen LogP contribution in [0.25, 0.3) is 0 Å². The zero-order valence-electron chi connectivity index (χ0n) is 12.0. The lowest BCUT2D eigenvalue weighted by atomic mass is 10.1. The Balaban J connectivity index is 1.57. The minimum absolute atomic E-state index is 0.186. The summed E-state index contributed by atoms with van der Waals surface area (Å²) in [6, 6.07) is 17.2. The Kier molecular flexibility index (Phi) is 4.63. The Morgan fingerprint density at radius 2 is 1.76 bits per heavy atom. The fraction of sp³-hybridized carbons (Fsp3) is 0.333. The number of benzene rings is 2. The Morgan fingerprint density at radius 3 is 2.52 bits per heavy atom. The van der Waals surface area contributed by atoms with Gasteiger partial charge in [-0.05, 0) is 29.7 Å². The van der Waals surface area contributed by atoms with Crippen molar-refractivity contribution in [2.24, 2.45) is 0 Å². The summed E-state index contributed by atoms with van der Waals surface area (Å²) in [5.41, 5.74) is 2.46. The van der Waals surface area contributed by atoms with E-state index < -0.39 is 0 Å². The van der Waals surface area contributed by atoms with Crippen LogP contribution in [0.2, 0.25) is 0 Å². The smallest absolute Gasteiger partial charge is 0.123 e. The van der Waals surface area contributed by atoms with Crippen LogP contribution in [0.4, 0.5) is 4.39 Å². The number of hydrogen-bond acceptors (Lipinski definition) is 2. The Hall–Kier alpha value is -1.71. The number of nitrogens with zero attached hydrogens (tertiary/aromatic N) is 1. The molecule has 0 spiro atoms. The van der Waals surface area contributed by atoms with E-state index in [-0.39, 0.29) is 11.9 Å². The summed E-state index contributed by atoms with van der Waals surface area (Å²) < 4.78 is 18.8. The summed E-state index contributed by atoms with van der Waals surface area (Å²) in [6.45, 7) is 3.61. The summed E-state index contributed by atoms with van der Waals surface area (Å²) in [5.74, 6) is -0.186. The van der Waals surface area contributed by atoms with Gasteiger partial charge in [-0.25, -0.2) is 4.39 Å². The van der Waals surface area contributed by atoms with Crippen LogP contribution in [0.15, 0.2) is 54.6 Å². The molecular weight excluding hydrogens is 265 g/mol. The first kappa shape index (κ1) is 14.2. The van der Waals surface area contributed by atoms with E-state index in [9.17, 15) is 4.39 Å². The highest BCUT2D eigenvalue weighted by molar-refractivity contribution is 5.17. The molecular formula is C18H20FNO. The van der Waals surface area contributed by atoms with Crippen molar-refractivity contribution in [2.45, 2.75) is 19.1 Å². The zero-order chi connectivity index (χ0) is 14.5. The summed E-state index contributed by atoms with van der Waals surface area (Å²) in [6.07, 6.45) is 1.03. The molecule has 1 atom stereocenters. The van der Waals surface area contributed by atoms with Crippen molar-refractivity contribution in [3.05, 3.63) is 71.5 Å². The Bertz CT molecular complexity index is 555. The van der Waals surface area contributed by atoms with Gasteiger partial charge in [-0.1, -0.05) is 42.5 Å². The van der Waals surface area contributed by atoms with Gasteiger partial charge in [0.2, 0.25) is 0 Å². The topological polar surface area (TPSA) is 12.5 Å². The van der Waals surface area contributed by atoms with Crippen molar-refractivity contribution in [3.8, 4) is 0 Å². The van der Waals surface area contributed by atoms with Gasteiger partial charge in [0.1, 0.15) is 5.82 Å². The molecule has 0 saturated carbocycles. The van der Waals surface area contributed by atoms with Crippen molar-refractivity contribution in [1.29, 1.82) is 0 Å². The van der Waals surface area contributed by atoms with E-state index in [2.05, 4.69) is 29.2 Å². The van der Waals surface area contributed by atoms with Crippen LogP contribution in [-0.2, 0) is 17.7 Å². The molecule has 1 fully saturated rings. The van der Waals surface area contributed by atoms with Crippen LogP contribution in [0.3, 0.4) is 0 Å². The average Bonchev–Trinajstić information content (AvgIpc) is 2.51. The third-order valence-corrected chi connectivity index (χ3v) is 3.85. The SMILES string of the molecule is Fc1ccc(CC2CN(Cc3ccccc3)CCO2)cc1. The lowest BCUT2D eigenvalue weighted by molar-refractivity contribution is -0.0305. The van der Waals surface area contributed by atoms with Gasteiger partial charge in [-0.3, -0.25) is 4.90 Å². The molecule has 1 aliphatic heterocycles. The fourth-order valence-corrected chi connectivity index (χ4v) is 2.77. The first-order valence-corrected chi connectivity index (χ1v) is 7.42. The Morgan fingerprint density at radius 1 is 1.00 bits per heavy atom. The lowest BCUT2D eigenvalue weighted by Crippen LogP contribution is -2.42. The summed E-state index contributed by atoms with van der Waals surface area (Å²) in [7, 11) is 0. The molecule has 0 radical (unpaired) electrons. The standard InChI is InChI=1S/C18H20FNO/c19-17-8-6-15(7-9-17)12-18-14-20(10-11-21-18)13-16-4-2-1-3-5-16/h1-9,18H,10-14H2. The molecule has 0 N–H and O–H groups in total. The van der Waals surface area contributed by atoms with E-state index in [1.807, 2.05) is 18.2 Å². The average molecular weight is 285 g/mol. The normalized spacial score (nSPS) is 19.6. The molecule has 0 aliphatic carbocycles. The maximum atomic E-state index is 12.9. The predicted octanol–water partition coefficient (Wildman–Crippen LogP) is 3.27. The zero-order valence-corrected chi connectivity index (χ0v) is 12.0. The highest BCUT2D eigenvalue weighted by atomic mass is 19.1. The van der Waals surface area contributed by atoms with Crippen molar-refractivity contribution in [3.63, 3.8) is 0 Å². The molecule has 2 aromatic rings. The van der Waals surface area contributed by atoms with E-state index in [1.54, 1.807) is 0 Å². The molecule has 0 aromatic heterocycles. The molecule has 0 bridgehead atoms. The molecule has 110 valence electrons. The van der Waals surface area contributed by atoms with Crippen molar-refractivity contribution < 1.29 is 9.13 Å². The monoisotopic (exact) mass is 285 g/mol. The van der Waals surface area contributed by atoms with Crippen molar-refractivity contribution in [1.82, 2.24) is 4.90 Å². The van der Waals surface area contributed by atoms with Crippen molar-refractivity contribution >= 4 is 0 Å². The maximum Gasteiger partial charge on any atom is 0.123 e. The molecule has 3 rings (SSSR count). The molecule has 1 aliphatic rings. The van der Waals surface area contributed by atoms with Gasteiger partial charge in [0, 0.05) is 19.6 Å². The van der Waals surface area contributed by atoms with Gasteiger partial charge in [0.25, 0.3) is 0 Å². The number of rotatable bonds is 4. The fourth-order valence-electron chi connectivity index (χ4n) is 2.77. The van der Waals surface area contributed by atoms with E-state index in [4.69, 9.17) is 4.74 Å².